The molecule has 132 valence electrons. The van der Waals surface area contributed by atoms with E-state index in [0.717, 1.165) is 42.6 Å². The van der Waals surface area contributed by atoms with E-state index in [0.29, 0.717) is 5.58 Å². The summed E-state index contributed by atoms with van der Waals surface area (Å²) in [5.74, 6) is 0. The molecule has 0 N–H and O–H groups in total. The van der Waals surface area contributed by atoms with Crippen molar-refractivity contribution in [2.45, 2.75) is 26.8 Å². The van der Waals surface area contributed by atoms with Crippen LogP contribution in [0.4, 0.5) is 0 Å². The fourth-order valence-corrected chi connectivity index (χ4v) is 3.62. The number of rotatable bonds is 3. The van der Waals surface area contributed by atoms with E-state index >= 15 is 0 Å². The first-order valence-electron chi connectivity index (χ1n) is 9.11. The predicted octanol–water partition coefficient (Wildman–Crippen LogP) is 4.70. The summed E-state index contributed by atoms with van der Waals surface area (Å²) in [7, 11) is 0. The number of aryl methyl sites for hydroxylation is 2. The Bertz CT molecular complexity index is 1030. The maximum atomic E-state index is 12.0. The molecule has 0 radical (unpaired) electrons. The first-order valence-corrected chi connectivity index (χ1v) is 9.11. The minimum Gasteiger partial charge on any atom is -0.423 e. The molecule has 0 aliphatic carbocycles. The van der Waals surface area contributed by atoms with Gasteiger partial charge in [0.15, 0.2) is 0 Å². The van der Waals surface area contributed by atoms with Gasteiger partial charge in [-0.2, -0.15) is 0 Å². The molecule has 1 aliphatic rings. The Kier molecular flexibility index (Phi) is 4.48. The Labute approximate surface area is 153 Å². The Morgan fingerprint density at radius 2 is 1.81 bits per heavy atom. The van der Waals surface area contributed by atoms with Gasteiger partial charge >= 0.3 is 5.63 Å². The monoisotopic (exact) mass is 345 g/mol. The van der Waals surface area contributed by atoms with Crippen molar-refractivity contribution >= 4 is 16.5 Å². The van der Waals surface area contributed by atoms with Gasteiger partial charge < -0.3 is 4.42 Å². The van der Waals surface area contributed by atoms with Crippen LogP contribution in [0.25, 0.3) is 16.5 Å². The Morgan fingerprint density at radius 1 is 1.04 bits per heavy atom. The van der Waals surface area contributed by atoms with Gasteiger partial charge in [-0.1, -0.05) is 36.4 Å². The van der Waals surface area contributed by atoms with Crippen LogP contribution in [0.15, 0.2) is 63.8 Å². The van der Waals surface area contributed by atoms with Gasteiger partial charge in [0, 0.05) is 31.1 Å². The summed E-state index contributed by atoms with van der Waals surface area (Å²) in [6.07, 6.45) is 3.34. The van der Waals surface area contributed by atoms with Crippen molar-refractivity contribution in [2.24, 2.45) is 0 Å². The third-order valence-electron chi connectivity index (χ3n) is 5.28. The van der Waals surface area contributed by atoms with Crippen molar-refractivity contribution in [1.82, 2.24) is 4.90 Å². The Balaban J connectivity index is 1.60. The molecule has 0 spiro atoms. The third-order valence-corrected chi connectivity index (χ3v) is 5.28. The SMILES string of the molecule is Cc1cc2oc(=O)cc(CN3CC=C(c4ccccc4)CC3)c2cc1C. The summed E-state index contributed by atoms with van der Waals surface area (Å²) in [5.41, 5.74) is 6.55. The molecule has 0 bridgehead atoms. The molecule has 3 nitrogen and oxygen atoms in total. The fourth-order valence-electron chi connectivity index (χ4n) is 3.62. The van der Waals surface area contributed by atoms with Gasteiger partial charge in [-0.3, -0.25) is 4.90 Å². The highest BCUT2D eigenvalue weighted by molar-refractivity contribution is 5.81. The maximum Gasteiger partial charge on any atom is 0.336 e. The molecule has 2 heterocycles. The molecule has 0 amide bonds. The molecule has 0 fully saturated rings. The number of benzene rings is 2. The number of hydrogen-bond donors (Lipinski definition) is 0. The van der Waals surface area contributed by atoms with Crippen LogP contribution in [-0.4, -0.2) is 18.0 Å². The minimum absolute atomic E-state index is 0.270. The van der Waals surface area contributed by atoms with E-state index in [2.05, 4.69) is 54.3 Å². The molecule has 0 saturated heterocycles. The van der Waals surface area contributed by atoms with Crippen molar-refractivity contribution in [3.05, 3.63) is 87.3 Å². The van der Waals surface area contributed by atoms with Gasteiger partial charge in [-0.05, 0) is 60.2 Å². The van der Waals surface area contributed by atoms with E-state index in [1.807, 2.05) is 13.0 Å². The molecule has 4 rings (SSSR count). The Hall–Kier alpha value is -2.65. The molecule has 2 aromatic carbocycles. The van der Waals surface area contributed by atoms with E-state index in [4.69, 9.17) is 4.42 Å². The lowest BCUT2D eigenvalue weighted by Crippen LogP contribution is -2.28. The lowest BCUT2D eigenvalue weighted by atomic mass is 9.98. The molecule has 3 heteroatoms. The van der Waals surface area contributed by atoms with Crippen molar-refractivity contribution in [3.63, 3.8) is 0 Å². The van der Waals surface area contributed by atoms with Crippen molar-refractivity contribution in [1.29, 1.82) is 0 Å². The lowest BCUT2D eigenvalue weighted by Gasteiger charge is -2.27. The quantitative estimate of drug-likeness (QED) is 0.645. The molecular weight excluding hydrogens is 322 g/mol. The molecule has 0 atom stereocenters. The topological polar surface area (TPSA) is 33.5 Å². The summed E-state index contributed by atoms with van der Waals surface area (Å²) in [6, 6.07) is 16.3. The van der Waals surface area contributed by atoms with Crippen LogP contribution in [0, 0.1) is 13.8 Å². The molecule has 1 aromatic heterocycles. The van der Waals surface area contributed by atoms with Gasteiger partial charge in [-0.25, -0.2) is 4.79 Å². The summed E-state index contributed by atoms with van der Waals surface area (Å²) in [6.45, 7) is 6.80. The fraction of sp³-hybridized carbons (Fsp3) is 0.261. The second-order valence-corrected chi connectivity index (χ2v) is 7.10. The zero-order chi connectivity index (χ0) is 18.1. The first-order chi connectivity index (χ1) is 12.6. The summed E-state index contributed by atoms with van der Waals surface area (Å²) in [4.78, 5) is 14.4. The van der Waals surface area contributed by atoms with E-state index in [-0.39, 0.29) is 5.63 Å². The highest BCUT2D eigenvalue weighted by atomic mass is 16.4. The van der Waals surface area contributed by atoms with Crippen molar-refractivity contribution in [2.75, 3.05) is 13.1 Å². The predicted molar refractivity (Wildman–Crippen MR) is 106 cm³/mol. The van der Waals surface area contributed by atoms with Crippen LogP contribution >= 0.6 is 0 Å². The number of nitrogens with zero attached hydrogens (tertiary/aromatic N) is 1. The standard InChI is InChI=1S/C23H23NO2/c1-16-12-21-20(14-23(25)26-22(21)13-17(16)2)15-24-10-8-19(9-11-24)18-6-4-3-5-7-18/h3-8,12-14H,9-11,15H2,1-2H3. The van der Waals surface area contributed by atoms with Crippen LogP contribution in [0.1, 0.15) is 28.7 Å². The van der Waals surface area contributed by atoms with E-state index in [9.17, 15) is 4.79 Å². The summed E-state index contributed by atoms with van der Waals surface area (Å²) in [5, 5.41) is 1.05. The van der Waals surface area contributed by atoms with Gasteiger partial charge in [0.1, 0.15) is 5.58 Å². The molecule has 0 unspecified atom stereocenters. The Morgan fingerprint density at radius 3 is 2.54 bits per heavy atom. The van der Waals surface area contributed by atoms with Crippen LogP contribution in [0.2, 0.25) is 0 Å². The molecule has 26 heavy (non-hydrogen) atoms. The maximum absolute atomic E-state index is 12.0. The number of hydrogen-bond acceptors (Lipinski definition) is 3. The van der Waals surface area contributed by atoms with Gasteiger partial charge in [0.05, 0.1) is 0 Å². The molecular formula is C23H23NO2. The second-order valence-electron chi connectivity index (χ2n) is 7.10. The lowest BCUT2D eigenvalue weighted by molar-refractivity contribution is 0.294. The zero-order valence-corrected chi connectivity index (χ0v) is 15.3. The minimum atomic E-state index is -0.270. The van der Waals surface area contributed by atoms with Crippen molar-refractivity contribution in [3.8, 4) is 0 Å². The largest absolute Gasteiger partial charge is 0.423 e. The highest BCUT2D eigenvalue weighted by Crippen LogP contribution is 2.26. The molecule has 3 aromatic rings. The van der Waals surface area contributed by atoms with Crippen LogP contribution in [0.5, 0.6) is 0 Å². The first kappa shape index (κ1) is 16.8. The second kappa shape index (κ2) is 6.93. The van der Waals surface area contributed by atoms with Crippen LogP contribution < -0.4 is 5.63 Å². The zero-order valence-electron chi connectivity index (χ0n) is 15.3. The average molecular weight is 345 g/mol. The highest BCUT2D eigenvalue weighted by Gasteiger charge is 2.15. The van der Waals surface area contributed by atoms with Gasteiger partial charge in [0.2, 0.25) is 0 Å². The van der Waals surface area contributed by atoms with E-state index < -0.39 is 0 Å². The van der Waals surface area contributed by atoms with E-state index in [1.54, 1.807) is 6.07 Å². The van der Waals surface area contributed by atoms with E-state index in [1.165, 1.54) is 16.7 Å². The van der Waals surface area contributed by atoms with Crippen LogP contribution in [-0.2, 0) is 6.54 Å². The summed E-state index contributed by atoms with van der Waals surface area (Å²) >= 11 is 0. The van der Waals surface area contributed by atoms with Crippen molar-refractivity contribution < 1.29 is 4.42 Å². The average Bonchev–Trinajstić information content (AvgIpc) is 2.65. The van der Waals surface area contributed by atoms with Gasteiger partial charge in [-0.15, -0.1) is 0 Å². The van der Waals surface area contributed by atoms with Crippen LogP contribution in [0.3, 0.4) is 0 Å². The molecule has 0 saturated carbocycles. The molecule has 1 aliphatic heterocycles. The number of fused-ring (bicyclic) bond motifs is 1. The van der Waals surface area contributed by atoms with Gasteiger partial charge in [0.25, 0.3) is 0 Å². The third kappa shape index (κ3) is 3.35. The summed E-state index contributed by atoms with van der Waals surface area (Å²) < 4.78 is 5.42. The smallest absolute Gasteiger partial charge is 0.336 e. The normalized spacial score (nSPS) is 15.2.